The van der Waals surface area contributed by atoms with Crippen LogP contribution in [0.2, 0.25) is 0 Å². The fourth-order valence-corrected chi connectivity index (χ4v) is 5.07. The first-order valence-electron chi connectivity index (χ1n) is 8.91. The van der Waals surface area contributed by atoms with E-state index in [1.165, 1.54) is 0 Å². The number of halogens is 1. The summed E-state index contributed by atoms with van der Waals surface area (Å²) >= 11 is 2.28. The maximum Gasteiger partial charge on any atom is 0.329 e. The fraction of sp³-hybridized carbons (Fsp3) is 0.500. The highest BCUT2D eigenvalue weighted by molar-refractivity contribution is 14.1. The number of hydrogen-bond acceptors (Lipinski definition) is 3. The van der Waals surface area contributed by atoms with Crippen LogP contribution in [-0.2, 0) is 26.3 Å². The monoisotopic (exact) mass is 453 g/mol. The molecule has 2 aliphatic heterocycles. The van der Waals surface area contributed by atoms with Crippen LogP contribution in [0.5, 0.6) is 0 Å². The summed E-state index contributed by atoms with van der Waals surface area (Å²) in [4.78, 5) is 27.4. The van der Waals surface area contributed by atoms with Crippen LogP contribution in [0, 0.1) is 0 Å². The molecule has 1 unspecified atom stereocenters. The van der Waals surface area contributed by atoms with E-state index in [9.17, 15) is 9.59 Å². The van der Waals surface area contributed by atoms with E-state index >= 15 is 0 Å². The number of amides is 1. The first-order chi connectivity index (χ1) is 11.9. The zero-order chi connectivity index (χ0) is 18.2. The first-order valence-corrected chi connectivity index (χ1v) is 9.99. The molecule has 4 nitrogen and oxygen atoms in total. The molecule has 2 atom stereocenters. The minimum Gasteiger partial charge on any atom is -0.461 e. The molecule has 0 N–H and O–H groups in total. The molecule has 0 aliphatic carbocycles. The van der Waals surface area contributed by atoms with Crippen molar-refractivity contribution >= 4 is 34.5 Å². The predicted molar refractivity (Wildman–Crippen MR) is 105 cm³/mol. The zero-order valence-electron chi connectivity index (χ0n) is 14.9. The van der Waals surface area contributed by atoms with Gasteiger partial charge in [0.25, 0.3) is 0 Å². The number of nitrogens with zero attached hydrogens (tertiary/aromatic N) is 1. The summed E-state index contributed by atoms with van der Waals surface area (Å²) in [6.45, 7) is 5.83. The molecular weight excluding hydrogens is 429 g/mol. The molecule has 25 heavy (non-hydrogen) atoms. The van der Waals surface area contributed by atoms with Crippen molar-refractivity contribution in [3.8, 4) is 0 Å². The topological polar surface area (TPSA) is 46.6 Å². The quantitative estimate of drug-likeness (QED) is 0.498. The molecule has 0 saturated carbocycles. The second-order valence-electron chi connectivity index (χ2n) is 7.03. The van der Waals surface area contributed by atoms with Gasteiger partial charge in [-0.3, -0.25) is 4.79 Å². The molecular formula is C20H24INO3. The Balaban J connectivity index is 2.14. The Bertz CT molecular complexity index is 727. The molecule has 0 spiro atoms. The summed E-state index contributed by atoms with van der Waals surface area (Å²) in [5.74, 6) is -0.390. The van der Waals surface area contributed by atoms with Gasteiger partial charge in [-0.25, -0.2) is 4.79 Å². The van der Waals surface area contributed by atoms with Crippen LogP contribution in [0.4, 0.5) is 0 Å². The van der Waals surface area contributed by atoms with Crippen molar-refractivity contribution in [3.63, 3.8) is 0 Å². The van der Waals surface area contributed by atoms with E-state index in [4.69, 9.17) is 4.74 Å². The van der Waals surface area contributed by atoms with Gasteiger partial charge in [0.2, 0.25) is 5.91 Å². The molecule has 0 radical (unpaired) electrons. The van der Waals surface area contributed by atoms with Crippen LogP contribution in [0.25, 0.3) is 0 Å². The maximum atomic E-state index is 12.8. The van der Waals surface area contributed by atoms with Crippen molar-refractivity contribution < 1.29 is 14.3 Å². The predicted octanol–water partition coefficient (Wildman–Crippen LogP) is 4.11. The normalized spacial score (nSPS) is 24.8. The van der Waals surface area contributed by atoms with Gasteiger partial charge >= 0.3 is 5.97 Å². The molecule has 0 aromatic heterocycles. The largest absolute Gasteiger partial charge is 0.461 e. The number of hydrogen-bond donors (Lipinski definition) is 0. The van der Waals surface area contributed by atoms with E-state index in [1.807, 2.05) is 26.0 Å². The Morgan fingerprint density at radius 3 is 2.80 bits per heavy atom. The van der Waals surface area contributed by atoms with Crippen molar-refractivity contribution in [1.29, 1.82) is 0 Å². The number of ether oxygens (including phenoxy) is 1. The van der Waals surface area contributed by atoms with Gasteiger partial charge in [0.15, 0.2) is 0 Å². The molecule has 134 valence electrons. The maximum absolute atomic E-state index is 12.8. The summed E-state index contributed by atoms with van der Waals surface area (Å²) in [6, 6.07) is 7.63. The Morgan fingerprint density at radius 1 is 1.40 bits per heavy atom. The number of carbonyl (C=O) groups is 2. The second-order valence-corrected chi connectivity index (χ2v) is 8.19. The highest BCUT2D eigenvalue weighted by Gasteiger charge is 2.55. The summed E-state index contributed by atoms with van der Waals surface area (Å²) in [7, 11) is 0. The Kier molecular flexibility index (Phi) is 5.23. The molecule has 2 heterocycles. The Labute approximate surface area is 162 Å². The molecule has 2 aliphatic rings. The lowest BCUT2D eigenvalue weighted by molar-refractivity contribution is -0.161. The van der Waals surface area contributed by atoms with Crippen LogP contribution < -0.4 is 0 Å². The van der Waals surface area contributed by atoms with E-state index in [2.05, 4.69) is 41.6 Å². The molecule has 1 amide bonds. The number of fused-ring (bicyclic) bond motifs is 3. The molecule has 0 saturated heterocycles. The smallest absolute Gasteiger partial charge is 0.329 e. The van der Waals surface area contributed by atoms with E-state index in [-0.39, 0.29) is 18.0 Å². The van der Waals surface area contributed by atoms with E-state index in [0.717, 1.165) is 34.0 Å². The van der Waals surface area contributed by atoms with E-state index in [0.29, 0.717) is 6.42 Å². The minimum atomic E-state index is -0.565. The van der Waals surface area contributed by atoms with Gasteiger partial charge in [-0.2, -0.15) is 0 Å². The lowest BCUT2D eigenvalue weighted by atomic mass is 9.76. The lowest BCUT2D eigenvalue weighted by Crippen LogP contribution is -2.58. The van der Waals surface area contributed by atoms with Crippen molar-refractivity contribution in [2.75, 3.05) is 0 Å². The van der Waals surface area contributed by atoms with Gasteiger partial charge in [-0.1, -0.05) is 44.0 Å². The van der Waals surface area contributed by atoms with E-state index in [1.54, 1.807) is 11.0 Å². The number of esters is 1. The summed E-state index contributed by atoms with van der Waals surface area (Å²) in [5.41, 5.74) is 1.77. The van der Waals surface area contributed by atoms with Crippen molar-refractivity contribution in [2.24, 2.45) is 0 Å². The summed E-state index contributed by atoms with van der Waals surface area (Å²) in [5, 5.41) is 0. The summed E-state index contributed by atoms with van der Waals surface area (Å²) in [6.07, 6.45) is 4.86. The van der Waals surface area contributed by atoms with Gasteiger partial charge in [-0.15, -0.1) is 0 Å². The first kappa shape index (κ1) is 18.4. The third-order valence-electron chi connectivity index (χ3n) is 5.00. The number of carbonyl (C=O) groups excluding carboxylic acids is 2. The zero-order valence-corrected chi connectivity index (χ0v) is 17.1. The lowest BCUT2D eigenvalue weighted by Gasteiger charge is -2.48. The van der Waals surface area contributed by atoms with Crippen LogP contribution in [0.3, 0.4) is 0 Å². The summed E-state index contributed by atoms with van der Waals surface area (Å²) < 4.78 is 6.49. The molecule has 0 fully saturated rings. The Morgan fingerprint density at radius 2 is 2.12 bits per heavy atom. The van der Waals surface area contributed by atoms with Gasteiger partial charge in [0, 0.05) is 16.1 Å². The third-order valence-corrected chi connectivity index (χ3v) is 6.20. The fourth-order valence-electron chi connectivity index (χ4n) is 3.99. The van der Waals surface area contributed by atoms with Gasteiger partial charge in [-0.05, 0) is 54.0 Å². The van der Waals surface area contributed by atoms with Crippen molar-refractivity contribution in [1.82, 2.24) is 4.90 Å². The SMILES string of the molecule is CCCCC12C(I)=CC(=O)N1[C@H](C(=O)OC(C)C)Cc1ccccc12. The van der Waals surface area contributed by atoms with Crippen molar-refractivity contribution in [3.05, 3.63) is 45.0 Å². The molecule has 1 aromatic rings. The molecule has 3 rings (SSSR count). The minimum absolute atomic E-state index is 0.0827. The van der Waals surface area contributed by atoms with E-state index < -0.39 is 11.6 Å². The number of benzene rings is 1. The van der Waals surface area contributed by atoms with Gasteiger partial charge in [0.1, 0.15) is 11.6 Å². The molecule has 1 aromatic carbocycles. The molecule has 5 heteroatoms. The average Bonchev–Trinajstić information content (AvgIpc) is 2.83. The van der Waals surface area contributed by atoms with Crippen LogP contribution in [0.15, 0.2) is 33.9 Å². The van der Waals surface area contributed by atoms with Crippen LogP contribution in [-0.4, -0.2) is 28.9 Å². The highest BCUT2D eigenvalue weighted by Crippen LogP contribution is 2.52. The van der Waals surface area contributed by atoms with Gasteiger partial charge < -0.3 is 9.64 Å². The molecule has 0 bridgehead atoms. The second kappa shape index (κ2) is 7.09. The highest BCUT2D eigenvalue weighted by atomic mass is 127. The number of unbranched alkanes of at least 4 members (excludes halogenated alkanes) is 1. The van der Waals surface area contributed by atoms with Crippen molar-refractivity contribution in [2.45, 2.75) is 64.1 Å². The third kappa shape index (κ3) is 3.00. The average molecular weight is 453 g/mol. The standard InChI is InChI=1S/C20H24INO3/c1-4-5-10-20-15-9-7-6-8-14(15)11-16(19(24)25-13(2)3)22(20)18(23)12-17(20)21/h6-9,12-13,16H,4-5,10-11H2,1-3H3/t16-,20?/m0/s1. The Hall–Kier alpha value is -1.37. The van der Waals surface area contributed by atoms with Crippen LogP contribution >= 0.6 is 22.6 Å². The van der Waals surface area contributed by atoms with Crippen LogP contribution in [0.1, 0.15) is 51.2 Å². The van der Waals surface area contributed by atoms with Gasteiger partial charge in [0.05, 0.1) is 6.10 Å². The number of rotatable bonds is 5.